The van der Waals surface area contributed by atoms with E-state index in [4.69, 9.17) is 15.9 Å². The molecular formula is C18H24N6O2. The number of nitrogens with one attached hydrogen (secondary N) is 4. The van der Waals surface area contributed by atoms with Crippen molar-refractivity contribution >= 4 is 23.4 Å². The molecule has 6 N–H and O–H groups in total. The van der Waals surface area contributed by atoms with Crippen molar-refractivity contribution < 1.29 is 9.53 Å². The fourth-order valence-electron chi connectivity index (χ4n) is 2.57. The summed E-state index contributed by atoms with van der Waals surface area (Å²) in [6.07, 6.45) is 1.44. The second-order valence-electron chi connectivity index (χ2n) is 5.99. The minimum absolute atomic E-state index is 0.155. The second kappa shape index (κ2) is 8.30. The number of rotatable bonds is 6. The van der Waals surface area contributed by atoms with E-state index in [1.165, 1.54) is 12.3 Å². The number of methoxy groups -OCH3 is 1. The summed E-state index contributed by atoms with van der Waals surface area (Å²) in [6, 6.07) is 10.6. The number of hydrogen-bond donors (Lipinski definition) is 5. The number of urea groups is 1. The van der Waals surface area contributed by atoms with Crippen LogP contribution in [0.5, 0.6) is 0 Å². The first-order valence-electron chi connectivity index (χ1n) is 8.05. The van der Waals surface area contributed by atoms with Crippen molar-refractivity contribution in [1.29, 1.82) is 5.41 Å². The summed E-state index contributed by atoms with van der Waals surface area (Å²) in [5.74, 6) is 0.447. The largest absolute Gasteiger partial charge is 0.398 e. The molecule has 0 aliphatic carbocycles. The molecule has 0 bridgehead atoms. The highest BCUT2D eigenvalue weighted by molar-refractivity contribution is 6.01. The summed E-state index contributed by atoms with van der Waals surface area (Å²) in [5.41, 5.74) is 6.95. The molecule has 0 saturated heterocycles. The van der Waals surface area contributed by atoms with Crippen molar-refractivity contribution in [3.63, 3.8) is 0 Å². The monoisotopic (exact) mass is 356 g/mol. The quantitative estimate of drug-likeness (QED) is 0.399. The van der Waals surface area contributed by atoms with Gasteiger partial charge in [0.25, 0.3) is 0 Å². The van der Waals surface area contributed by atoms with E-state index in [2.05, 4.69) is 20.9 Å². The van der Waals surface area contributed by atoms with E-state index >= 15 is 0 Å². The fourth-order valence-corrected chi connectivity index (χ4v) is 2.57. The van der Waals surface area contributed by atoms with E-state index in [0.29, 0.717) is 23.7 Å². The third kappa shape index (κ3) is 4.48. The zero-order chi connectivity index (χ0) is 19.2. The molecule has 0 aliphatic rings. The predicted molar refractivity (Wildman–Crippen MR) is 102 cm³/mol. The molecule has 1 unspecified atom stereocenters. The van der Waals surface area contributed by atoms with Gasteiger partial charge in [0, 0.05) is 32.1 Å². The summed E-state index contributed by atoms with van der Waals surface area (Å²) in [5, 5.41) is 16.0. The van der Waals surface area contributed by atoms with Gasteiger partial charge in [-0.05, 0) is 12.5 Å². The lowest BCUT2D eigenvalue weighted by Crippen LogP contribution is -2.48. The Bertz CT molecular complexity index is 781. The Morgan fingerprint density at radius 1 is 1.35 bits per heavy atom. The number of carbonyl (C=O) groups excluding carboxylic acids is 1. The molecule has 1 aromatic heterocycles. The third-order valence-corrected chi connectivity index (χ3v) is 3.93. The van der Waals surface area contributed by atoms with Crippen molar-refractivity contribution in [2.75, 3.05) is 31.8 Å². The minimum Gasteiger partial charge on any atom is -0.398 e. The number of benzene rings is 1. The van der Waals surface area contributed by atoms with Gasteiger partial charge < -0.3 is 21.1 Å². The van der Waals surface area contributed by atoms with Gasteiger partial charge in [-0.2, -0.15) is 0 Å². The van der Waals surface area contributed by atoms with E-state index in [1.807, 2.05) is 37.3 Å². The molecule has 1 aromatic carbocycles. The molecular weight excluding hydrogens is 332 g/mol. The summed E-state index contributed by atoms with van der Waals surface area (Å²) in [7, 11) is 3.21. The average Bonchev–Trinajstić information content (AvgIpc) is 2.62. The van der Waals surface area contributed by atoms with Crippen LogP contribution in [0.4, 0.5) is 16.3 Å². The number of hydrogen-bond acceptors (Lipinski definition) is 5. The van der Waals surface area contributed by atoms with Gasteiger partial charge in [0.2, 0.25) is 0 Å². The lowest BCUT2D eigenvalue weighted by molar-refractivity contribution is 0.123. The number of nitrogens with zero attached hydrogens (tertiary/aromatic N) is 1. The van der Waals surface area contributed by atoms with Crippen molar-refractivity contribution in [3.05, 3.63) is 53.7 Å². The van der Waals surface area contributed by atoms with Crippen molar-refractivity contribution in [2.45, 2.75) is 12.5 Å². The molecule has 0 spiro atoms. The Labute approximate surface area is 152 Å². The molecule has 1 heterocycles. The number of nitrogens with two attached hydrogens (primary N) is 1. The third-order valence-electron chi connectivity index (χ3n) is 3.93. The molecule has 1 atom stereocenters. The average molecular weight is 356 g/mol. The van der Waals surface area contributed by atoms with Gasteiger partial charge in [-0.1, -0.05) is 30.3 Å². The van der Waals surface area contributed by atoms with Gasteiger partial charge in [-0.15, -0.1) is 0 Å². The summed E-state index contributed by atoms with van der Waals surface area (Å²) in [6.45, 7) is 2.18. The molecule has 0 radical (unpaired) electrons. The first kappa shape index (κ1) is 19.2. The van der Waals surface area contributed by atoms with Crippen LogP contribution in [0, 0.1) is 5.41 Å². The molecule has 138 valence electrons. The maximum atomic E-state index is 12.4. The lowest BCUT2D eigenvalue weighted by atomic mass is 9.93. The SMILES string of the molecule is CNC(=N)c1cnc(NC(=O)NC(C)(COC)c2ccccc2)cc1N. The number of amidine groups is 1. The van der Waals surface area contributed by atoms with Gasteiger partial charge >= 0.3 is 6.03 Å². The van der Waals surface area contributed by atoms with Gasteiger partial charge in [-0.3, -0.25) is 10.7 Å². The van der Waals surface area contributed by atoms with Crippen LogP contribution in [0.25, 0.3) is 0 Å². The fraction of sp³-hybridized carbons (Fsp3) is 0.278. The highest BCUT2D eigenvalue weighted by Crippen LogP contribution is 2.21. The van der Waals surface area contributed by atoms with Crippen LogP contribution < -0.4 is 21.7 Å². The van der Waals surface area contributed by atoms with E-state index in [9.17, 15) is 4.79 Å². The number of ether oxygens (including phenoxy) is 1. The van der Waals surface area contributed by atoms with Gasteiger partial charge in [0.1, 0.15) is 11.7 Å². The van der Waals surface area contributed by atoms with Crippen molar-refractivity contribution in [1.82, 2.24) is 15.6 Å². The lowest BCUT2D eigenvalue weighted by Gasteiger charge is -2.30. The van der Waals surface area contributed by atoms with Crippen molar-refractivity contribution in [2.24, 2.45) is 0 Å². The standard InChI is InChI=1S/C18H24N6O2/c1-18(11-26-3,12-7-5-4-6-8-12)24-17(25)23-15-9-14(19)13(10-22-15)16(20)21-2/h4-10H,11H2,1-3H3,(H2,20,21)(H4,19,22,23,24,25). The topological polar surface area (TPSA) is 125 Å². The first-order chi connectivity index (χ1) is 12.4. The minimum atomic E-state index is -0.708. The Morgan fingerprint density at radius 3 is 2.62 bits per heavy atom. The summed E-state index contributed by atoms with van der Waals surface area (Å²) >= 11 is 0. The van der Waals surface area contributed by atoms with Gasteiger partial charge in [0.15, 0.2) is 0 Å². The Hall–Kier alpha value is -3.13. The Morgan fingerprint density at radius 2 is 2.04 bits per heavy atom. The number of nitrogen functional groups attached to an aromatic ring is 1. The number of anilines is 2. The zero-order valence-electron chi connectivity index (χ0n) is 15.1. The number of amides is 2. The summed E-state index contributed by atoms with van der Waals surface area (Å²) in [4.78, 5) is 16.6. The maximum absolute atomic E-state index is 12.4. The number of aromatic nitrogens is 1. The molecule has 2 rings (SSSR count). The number of carbonyl (C=O) groups is 1. The molecule has 8 heteroatoms. The predicted octanol–water partition coefficient (Wildman–Crippen LogP) is 1.89. The van der Waals surface area contributed by atoms with Crippen LogP contribution >= 0.6 is 0 Å². The van der Waals surface area contributed by atoms with Gasteiger partial charge in [0.05, 0.1) is 17.7 Å². The number of pyridine rings is 1. The Kier molecular flexibility index (Phi) is 6.13. The van der Waals surface area contributed by atoms with E-state index < -0.39 is 11.6 Å². The van der Waals surface area contributed by atoms with E-state index in [-0.39, 0.29) is 5.84 Å². The molecule has 0 fully saturated rings. The highest BCUT2D eigenvalue weighted by Gasteiger charge is 2.28. The normalized spacial score (nSPS) is 12.7. The zero-order valence-corrected chi connectivity index (χ0v) is 15.1. The van der Waals surface area contributed by atoms with Crippen LogP contribution in [0.2, 0.25) is 0 Å². The maximum Gasteiger partial charge on any atom is 0.321 e. The molecule has 8 nitrogen and oxygen atoms in total. The molecule has 2 aromatic rings. The van der Waals surface area contributed by atoms with E-state index in [1.54, 1.807) is 14.2 Å². The Balaban J connectivity index is 2.14. The van der Waals surface area contributed by atoms with Gasteiger partial charge in [-0.25, -0.2) is 9.78 Å². The van der Waals surface area contributed by atoms with Crippen LogP contribution in [-0.2, 0) is 10.3 Å². The molecule has 26 heavy (non-hydrogen) atoms. The van der Waals surface area contributed by atoms with Crippen LogP contribution in [0.3, 0.4) is 0 Å². The van der Waals surface area contributed by atoms with Crippen LogP contribution in [0.1, 0.15) is 18.1 Å². The second-order valence-corrected chi connectivity index (χ2v) is 5.99. The molecule has 2 amide bonds. The highest BCUT2D eigenvalue weighted by atomic mass is 16.5. The molecule has 0 saturated carbocycles. The van der Waals surface area contributed by atoms with E-state index in [0.717, 1.165) is 5.56 Å². The molecule has 0 aliphatic heterocycles. The van der Waals surface area contributed by atoms with Crippen molar-refractivity contribution in [3.8, 4) is 0 Å². The van der Waals surface area contributed by atoms with Crippen LogP contribution in [-0.4, -0.2) is 37.6 Å². The first-order valence-corrected chi connectivity index (χ1v) is 8.05. The summed E-state index contributed by atoms with van der Waals surface area (Å²) < 4.78 is 5.28. The van der Waals surface area contributed by atoms with Crippen LogP contribution in [0.15, 0.2) is 42.6 Å². The smallest absolute Gasteiger partial charge is 0.321 e.